The van der Waals surface area contributed by atoms with Crippen LogP contribution in [0.1, 0.15) is 56.7 Å². The summed E-state index contributed by atoms with van der Waals surface area (Å²) in [5, 5.41) is 3.89. The molecule has 1 aliphatic rings. The molecular formula is C13H23N3O. The minimum Gasteiger partial charge on any atom is -0.339 e. The van der Waals surface area contributed by atoms with E-state index in [0.29, 0.717) is 5.92 Å². The third-order valence-electron chi connectivity index (χ3n) is 3.48. The predicted octanol–water partition coefficient (Wildman–Crippen LogP) is 2.75. The molecule has 0 N–H and O–H groups in total. The van der Waals surface area contributed by atoms with Crippen molar-refractivity contribution >= 4 is 0 Å². The molecule has 96 valence electrons. The summed E-state index contributed by atoms with van der Waals surface area (Å²) in [5.74, 6) is 2.04. The second-order valence-corrected chi connectivity index (χ2v) is 5.03. The van der Waals surface area contributed by atoms with Crippen LogP contribution in [0.15, 0.2) is 4.52 Å². The van der Waals surface area contributed by atoms with Crippen LogP contribution in [0.25, 0.3) is 0 Å². The van der Waals surface area contributed by atoms with Crippen LogP contribution in [-0.2, 0) is 0 Å². The number of aromatic nitrogens is 2. The molecule has 1 fully saturated rings. The molecular weight excluding hydrogens is 214 g/mol. The fourth-order valence-electron chi connectivity index (χ4n) is 2.52. The Balaban J connectivity index is 1.84. The summed E-state index contributed by atoms with van der Waals surface area (Å²) >= 11 is 0. The number of hydrogen-bond donors (Lipinski definition) is 0. The summed E-state index contributed by atoms with van der Waals surface area (Å²) in [5.41, 5.74) is 0. The van der Waals surface area contributed by atoms with Crippen LogP contribution >= 0.6 is 0 Å². The molecule has 0 spiro atoms. The van der Waals surface area contributed by atoms with Crippen LogP contribution in [0.2, 0.25) is 0 Å². The van der Waals surface area contributed by atoms with E-state index in [9.17, 15) is 0 Å². The molecule has 0 radical (unpaired) electrons. The van der Waals surface area contributed by atoms with Gasteiger partial charge in [-0.3, -0.25) is 0 Å². The Kier molecular flexibility index (Phi) is 4.54. The van der Waals surface area contributed by atoms with Gasteiger partial charge in [-0.25, -0.2) is 0 Å². The van der Waals surface area contributed by atoms with Crippen LogP contribution in [0.5, 0.6) is 0 Å². The fraction of sp³-hybridized carbons (Fsp3) is 0.846. The number of nitrogens with zero attached hydrogens (tertiary/aromatic N) is 3. The fourth-order valence-corrected chi connectivity index (χ4v) is 2.52. The van der Waals surface area contributed by atoms with Crippen molar-refractivity contribution in [3.8, 4) is 0 Å². The molecule has 0 saturated carbocycles. The van der Waals surface area contributed by atoms with Crippen molar-refractivity contribution in [3.05, 3.63) is 11.7 Å². The van der Waals surface area contributed by atoms with E-state index in [-0.39, 0.29) is 0 Å². The molecule has 1 unspecified atom stereocenters. The van der Waals surface area contributed by atoms with E-state index in [1.165, 1.54) is 45.2 Å². The van der Waals surface area contributed by atoms with Crippen molar-refractivity contribution in [1.82, 2.24) is 15.0 Å². The Morgan fingerprint density at radius 1 is 1.41 bits per heavy atom. The number of rotatable bonds is 5. The SMILES string of the molecule is CCCCCN1CCCC(c2nc(C)no2)C1. The lowest BCUT2D eigenvalue weighted by Gasteiger charge is -2.30. The Morgan fingerprint density at radius 3 is 3.00 bits per heavy atom. The minimum atomic E-state index is 0.451. The first-order valence-electron chi connectivity index (χ1n) is 6.82. The van der Waals surface area contributed by atoms with Gasteiger partial charge in [-0.1, -0.05) is 24.9 Å². The van der Waals surface area contributed by atoms with Crippen LogP contribution < -0.4 is 0 Å². The highest BCUT2D eigenvalue weighted by atomic mass is 16.5. The third-order valence-corrected chi connectivity index (χ3v) is 3.48. The van der Waals surface area contributed by atoms with E-state index in [0.717, 1.165) is 18.3 Å². The molecule has 1 aromatic rings. The Labute approximate surface area is 103 Å². The highest BCUT2D eigenvalue weighted by Gasteiger charge is 2.25. The number of aryl methyl sites for hydroxylation is 1. The van der Waals surface area contributed by atoms with Gasteiger partial charge in [-0.2, -0.15) is 4.98 Å². The smallest absolute Gasteiger partial charge is 0.231 e. The molecule has 4 heteroatoms. The van der Waals surface area contributed by atoms with Gasteiger partial charge in [-0.05, 0) is 39.3 Å². The first-order valence-corrected chi connectivity index (χ1v) is 6.82. The third kappa shape index (κ3) is 3.53. The van der Waals surface area contributed by atoms with Crippen molar-refractivity contribution in [2.45, 2.75) is 51.9 Å². The molecule has 1 aliphatic heterocycles. The zero-order valence-corrected chi connectivity index (χ0v) is 11.0. The summed E-state index contributed by atoms with van der Waals surface area (Å²) < 4.78 is 5.29. The van der Waals surface area contributed by atoms with E-state index in [4.69, 9.17) is 4.52 Å². The van der Waals surface area contributed by atoms with Crippen LogP contribution in [0.4, 0.5) is 0 Å². The molecule has 4 nitrogen and oxygen atoms in total. The summed E-state index contributed by atoms with van der Waals surface area (Å²) in [7, 11) is 0. The molecule has 0 bridgehead atoms. The van der Waals surface area contributed by atoms with Gasteiger partial charge in [0.05, 0.1) is 5.92 Å². The first kappa shape index (κ1) is 12.6. The lowest BCUT2D eigenvalue weighted by molar-refractivity contribution is 0.184. The van der Waals surface area contributed by atoms with Crippen molar-refractivity contribution in [2.75, 3.05) is 19.6 Å². The Morgan fingerprint density at radius 2 is 2.29 bits per heavy atom. The van der Waals surface area contributed by atoms with Gasteiger partial charge in [0.2, 0.25) is 5.89 Å². The zero-order valence-electron chi connectivity index (χ0n) is 11.0. The lowest BCUT2D eigenvalue weighted by Crippen LogP contribution is -2.35. The summed E-state index contributed by atoms with van der Waals surface area (Å²) in [6.07, 6.45) is 6.37. The lowest BCUT2D eigenvalue weighted by atomic mass is 9.97. The van der Waals surface area contributed by atoms with Gasteiger partial charge in [0.1, 0.15) is 0 Å². The van der Waals surface area contributed by atoms with Gasteiger partial charge < -0.3 is 9.42 Å². The number of unbranched alkanes of at least 4 members (excludes halogenated alkanes) is 2. The molecule has 1 aromatic heterocycles. The normalized spacial score (nSPS) is 21.9. The van der Waals surface area contributed by atoms with Crippen molar-refractivity contribution in [2.24, 2.45) is 0 Å². The Bertz CT molecular complexity index is 337. The Hall–Kier alpha value is -0.900. The maximum atomic E-state index is 5.29. The standard InChI is InChI=1S/C13H23N3O/c1-3-4-5-8-16-9-6-7-12(10-16)13-14-11(2)15-17-13/h12H,3-10H2,1-2H3. The summed E-state index contributed by atoms with van der Waals surface area (Å²) in [6, 6.07) is 0. The zero-order chi connectivity index (χ0) is 12.1. The minimum absolute atomic E-state index is 0.451. The van der Waals surface area contributed by atoms with Crippen molar-refractivity contribution in [1.29, 1.82) is 0 Å². The van der Waals surface area contributed by atoms with E-state index >= 15 is 0 Å². The summed E-state index contributed by atoms with van der Waals surface area (Å²) in [4.78, 5) is 6.91. The summed E-state index contributed by atoms with van der Waals surface area (Å²) in [6.45, 7) is 7.67. The van der Waals surface area contributed by atoms with Crippen molar-refractivity contribution < 1.29 is 4.52 Å². The molecule has 0 amide bonds. The molecule has 2 heterocycles. The van der Waals surface area contributed by atoms with Gasteiger partial charge in [0.15, 0.2) is 5.82 Å². The highest BCUT2D eigenvalue weighted by molar-refractivity contribution is 4.96. The van der Waals surface area contributed by atoms with Gasteiger partial charge >= 0.3 is 0 Å². The van der Waals surface area contributed by atoms with Gasteiger partial charge in [0, 0.05) is 6.54 Å². The van der Waals surface area contributed by atoms with Gasteiger partial charge in [-0.15, -0.1) is 0 Å². The largest absolute Gasteiger partial charge is 0.339 e. The van der Waals surface area contributed by atoms with E-state index < -0.39 is 0 Å². The second kappa shape index (κ2) is 6.15. The molecule has 2 rings (SSSR count). The van der Waals surface area contributed by atoms with E-state index in [1.807, 2.05) is 6.92 Å². The van der Waals surface area contributed by atoms with Crippen molar-refractivity contribution in [3.63, 3.8) is 0 Å². The quantitative estimate of drug-likeness (QED) is 0.738. The number of hydrogen-bond acceptors (Lipinski definition) is 4. The van der Waals surface area contributed by atoms with Crippen LogP contribution in [0, 0.1) is 6.92 Å². The average Bonchev–Trinajstić information content (AvgIpc) is 2.77. The monoisotopic (exact) mass is 237 g/mol. The molecule has 17 heavy (non-hydrogen) atoms. The molecule has 0 aromatic carbocycles. The molecule has 0 aliphatic carbocycles. The topological polar surface area (TPSA) is 42.2 Å². The second-order valence-electron chi connectivity index (χ2n) is 5.03. The predicted molar refractivity (Wildman–Crippen MR) is 67.0 cm³/mol. The average molecular weight is 237 g/mol. The molecule has 1 atom stereocenters. The first-order chi connectivity index (χ1) is 8.29. The number of likely N-dealkylation sites (tertiary alicyclic amines) is 1. The maximum absolute atomic E-state index is 5.29. The maximum Gasteiger partial charge on any atom is 0.231 e. The molecule has 1 saturated heterocycles. The van der Waals surface area contributed by atoms with E-state index in [2.05, 4.69) is 22.0 Å². The van der Waals surface area contributed by atoms with E-state index in [1.54, 1.807) is 0 Å². The van der Waals surface area contributed by atoms with Crippen LogP contribution in [-0.4, -0.2) is 34.7 Å². The number of piperidine rings is 1. The van der Waals surface area contributed by atoms with Gasteiger partial charge in [0.25, 0.3) is 0 Å². The van der Waals surface area contributed by atoms with Crippen LogP contribution in [0.3, 0.4) is 0 Å². The highest BCUT2D eigenvalue weighted by Crippen LogP contribution is 2.25.